The molecular formula is C15H10BrCl2NS. The van der Waals surface area contributed by atoms with E-state index in [1.54, 1.807) is 23.5 Å². The van der Waals surface area contributed by atoms with Crippen LogP contribution in [0.25, 0.3) is 10.1 Å². The molecule has 0 saturated carbocycles. The second-order valence-electron chi connectivity index (χ2n) is 4.45. The van der Waals surface area contributed by atoms with Gasteiger partial charge in [-0.2, -0.15) is 0 Å². The predicted molar refractivity (Wildman–Crippen MR) is 92.0 cm³/mol. The molecule has 0 fully saturated rings. The summed E-state index contributed by atoms with van der Waals surface area (Å²) in [4.78, 5) is 0. The van der Waals surface area contributed by atoms with E-state index in [1.165, 1.54) is 4.70 Å². The summed E-state index contributed by atoms with van der Waals surface area (Å²) in [6.45, 7) is 0. The Morgan fingerprint density at radius 3 is 2.70 bits per heavy atom. The molecule has 1 heterocycles. The molecule has 102 valence electrons. The van der Waals surface area contributed by atoms with Crippen molar-refractivity contribution in [1.29, 1.82) is 0 Å². The highest BCUT2D eigenvalue weighted by molar-refractivity contribution is 9.10. The minimum atomic E-state index is -0.288. The van der Waals surface area contributed by atoms with Gasteiger partial charge in [-0.1, -0.05) is 35.3 Å². The van der Waals surface area contributed by atoms with Gasteiger partial charge in [-0.05, 0) is 62.1 Å². The minimum Gasteiger partial charge on any atom is -0.320 e. The van der Waals surface area contributed by atoms with Crippen LogP contribution in [0.4, 0.5) is 0 Å². The number of rotatable bonds is 2. The van der Waals surface area contributed by atoms with Crippen LogP contribution in [0.15, 0.2) is 46.3 Å². The largest absolute Gasteiger partial charge is 0.320 e. The number of hydrogen-bond acceptors (Lipinski definition) is 2. The molecule has 0 aliphatic carbocycles. The highest BCUT2D eigenvalue weighted by Crippen LogP contribution is 2.38. The molecule has 0 amide bonds. The molecule has 1 atom stereocenters. The Kier molecular flexibility index (Phi) is 4.07. The molecule has 0 radical (unpaired) electrons. The van der Waals surface area contributed by atoms with Gasteiger partial charge in [0.2, 0.25) is 0 Å². The summed E-state index contributed by atoms with van der Waals surface area (Å²) in [6.07, 6.45) is 0. The van der Waals surface area contributed by atoms with Gasteiger partial charge < -0.3 is 5.73 Å². The number of fused-ring (bicyclic) bond motifs is 1. The Balaban J connectivity index is 2.15. The minimum absolute atomic E-state index is 0.288. The lowest BCUT2D eigenvalue weighted by Gasteiger charge is -2.14. The summed E-state index contributed by atoms with van der Waals surface area (Å²) in [7, 11) is 0. The van der Waals surface area contributed by atoms with Crippen LogP contribution in [-0.4, -0.2) is 0 Å². The molecule has 1 nitrogen and oxygen atoms in total. The van der Waals surface area contributed by atoms with Gasteiger partial charge in [0.25, 0.3) is 0 Å². The van der Waals surface area contributed by atoms with E-state index in [-0.39, 0.29) is 6.04 Å². The van der Waals surface area contributed by atoms with E-state index in [1.807, 2.05) is 18.2 Å². The van der Waals surface area contributed by atoms with Crippen LogP contribution in [0, 0.1) is 0 Å². The van der Waals surface area contributed by atoms with Crippen LogP contribution in [0.5, 0.6) is 0 Å². The molecule has 0 aliphatic rings. The predicted octanol–water partition coefficient (Wildman–Crippen LogP) is 6.02. The van der Waals surface area contributed by atoms with Gasteiger partial charge >= 0.3 is 0 Å². The Hall–Kier alpha value is -0.580. The zero-order valence-electron chi connectivity index (χ0n) is 10.2. The van der Waals surface area contributed by atoms with Crippen molar-refractivity contribution in [1.82, 2.24) is 0 Å². The van der Waals surface area contributed by atoms with E-state index in [4.69, 9.17) is 28.9 Å². The highest BCUT2D eigenvalue weighted by Gasteiger charge is 2.17. The first-order valence-corrected chi connectivity index (χ1v) is 8.37. The molecule has 1 aromatic heterocycles. The number of hydrogen-bond donors (Lipinski definition) is 1. The van der Waals surface area contributed by atoms with Crippen molar-refractivity contribution in [3.63, 3.8) is 0 Å². The van der Waals surface area contributed by atoms with Crippen molar-refractivity contribution in [2.24, 2.45) is 5.73 Å². The van der Waals surface area contributed by atoms with Gasteiger partial charge in [0.05, 0.1) is 6.04 Å². The van der Waals surface area contributed by atoms with Gasteiger partial charge in [-0.25, -0.2) is 0 Å². The third kappa shape index (κ3) is 2.49. The van der Waals surface area contributed by atoms with Crippen molar-refractivity contribution < 1.29 is 0 Å². The molecule has 3 rings (SSSR count). The smallest absolute Gasteiger partial charge is 0.0581 e. The van der Waals surface area contributed by atoms with Crippen LogP contribution < -0.4 is 5.73 Å². The molecule has 1 unspecified atom stereocenters. The maximum absolute atomic E-state index is 6.39. The molecule has 0 saturated heterocycles. The Bertz CT molecular complexity index is 785. The van der Waals surface area contributed by atoms with E-state index in [9.17, 15) is 0 Å². The number of thiophene rings is 1. The number of benzene rings is 2. The van der Waals surface area contributed by atoms with Gasteiger partial charge in [-0.3, -0.25) is 0 Å². The summed E-state index contributed by atoms with van der Waals surface area (Å²) in [5, 5.41) is 4.50. The van der Waals surface area contributed by atoms with Crippen molar-refractivity contribution >= 4 is 60.6 Å². The van der Waals surface area contributed by atoms with Gasteiger partial charge in [0, 0.05) is 19.2 Å². The van der Waals surface area contributed by atoms with E-state index >= 15 is 0 Å². The second kappa shape index (κ2) is 5.66. The van der Waals surface area contributed by atoms with Crippen LogP contribution in [-0.2, 0) is 0 Å². The summed E-state index contributed by atoms with van der Waals surface area (Å²) in [6, 6.07) is 11.2. The van der Waals surface area contributed by atoms with Gasteiger partial charge in [-0.15, -0.1) is 11.3 Å². The quantitative estimate of drug-likeness (QED) is 0.572. The summed E-state index contributed by atoms with van der Waals surface area (Å²) in [5.74, 6) is 0. The zero-order valence-corrected chi connectivity index (χ0v) is 14.2. The Morgan fingerprint density at radius 2 is 1.90 bits per heavy atom. The number of halogens is 3. The zero-order chi connectivity index (χ0) is 14.3. The first-order chi connectivity index (χ1) is 9.58. The lowest BCUT2D eigenvalue weighted by atomic mass is 9.99. The molecule has 2 N–H and O–H groups in total. The first-order valence-electron chi connectivity index (χ1n) is 5.94. The second-order valence-corrected chi connectivity index (χ2v) is 7.03. The van der Waals surface area contributed by atoms with Crippen LogP contribution in [0.1, 0.15) is 17.2 Å². The average molecular weight is 387 g/mol. The molecule has 5 heteroatoms. The molecule has 2 aromatic carbocycles. The van der Waals surface area contributed by atoms with Crippen LogP contribution >= 0.6 is 50.5 Å². The topological polar surface area (TPSA) is 26.0 Å². The third-order valence-corrected chi connectivity index (χ3v) is 5.76. The summed E-state index contributed by atoms with van der Waals surface area (Å²) in [5.41, 5.74) is 8.31. The highest BCUT2D eigenvalue weighted by atomic mass is 79.9. The van der Waals surface area contributed by atoms with Crippen molar-refractivity contribution in [3.05, 3.63) is 67.4 Å². The average Bonchev–Trinajstić information content (AvgIpc) is 2.86. The first kappa shape index (κ1) is 14.4. The van der Waals surface area contributed by atoms with Crippen LogP contribution in [0.3, 0.4) is 0 Å². The standard InChI is InChI=1S/C15H10BrCl2NS/c16-12-3-1-2-9-11(7-20-15(9)12)14(19)10-6-8(17)4-5-13(10)18/h1-7,14H,19H2. The maximum Gasteiger partial charge on any atom is 0.0581 e. The normalized spacial score (nSPS) is 12.8. The molecular weight excluding hydrogens is 377 g/mol. The molecule has 20 heavy (non-hydrogen) atoms. The molecule has 0 spiro atoms. The third-order valence-electron chi connectivity index (χ3n) is 3.21. The molecule has 0 bridgehead atoms. The molecule has 3 aromatic rings. The van der Waals surface area contributed by atoms with Crippen molar-refractivity contribution in [3.8, 4) is 0 Å². The maximum atomic E-state index is 6.39. The molecule has 0 aliphatic heterocycles. The fourth-order valence-electron chi connectivity index (χ4n) is 2.20. The lowest BCUT2D eigenvalue weighted by molar-refractivity contribution is 0.885. The van der Waals surface area contributed by atoms with Crippen molar-refractivity contribution in [2.75, 3.05) is 0 Å². The van der Waals surface area contributed by atoms with E-state index < -0.39 is 0 Å². The SMILES string of the molecule is NC(c1cc(Cl)ccc1Cl)c1csc2c(Br)cccc12. The fourth-order valence-corrected chi connectivity index (χ4v) is 4.28. The van der Waals surface area contributed by atoms with Gasteiger partial charge in [0.15, 0.2) is 0 Å². The van der Waals surface area contributed by atoms with Crippen molar-refractivity contribution in [2.45, 2.75) is 6.04 Å². The van der Waals surface area contributed by atoms with E-state index in [0.717, 1.165) is 21.0 Å². The van der Waals surface area contributed by atoms with E-state index in [0.29, 0.717) is 10.0 Å². The van der Waals surface area contributed by atoms with E-state index in [2.05, 4.69) is 27.4 Å². The fraction of sp³-hybridized carbons (Fsp3) is 0.0667. The Morgan fingerprint density at radius 1 is 1.10 bits per heavy atom. The summed E-state index contributed by atoms with van der Waals surface area (Å²) < 4.78 is 2.27. The Labute approximate surface area is 139 Å². The number of nitrogens with two attached hydrogens (primary N) is 1. The lowest BCUT2D eigenvalue weighted by Crippen LogP contribution is -2.11. The monoisotopic (exact) mass is 385 g/mol. The summed E-state index contributed by atoms with van der Waals surface area (Å²) >= 11 is 17.5. The van der Waals surface area contributed by atoms with Gasteiger partial charge in [0.1, 0.15) is 0 Å². The van der Waals surface area contributed by atoms with Crippen LogP contribution in [0.2, 0.25) is 10.0 Å².